The average Bonchev–Trinajstić information content (AvgIpc) is 2.39. The van der Waals surface area contributed by atoms with Crippen LogP contribution in [0.1, 0.15) is 26.7 Å². The Hall–Kier alpha value is -0.290. The molecular weight excluding hydrogens is 296 g/mol. The van der Waals surface area contributed by atoms with Gasteiger partial charge in [-0.15, -0.1) is 0 Å². The summed E-state index contributed by atoms with van der Waals surface area (Å²) in [5.41, 5.74) is 0. The van der Waals surface area contributed by atoms with Gasteiger partial charge in [0.05, 0.1) is 6.61 Å². The molecule has 4 nitrogen and oxygen atoms in total. The van der Waals surface area contributed by atoms with E-state index in [0.717, 1.165) is 44.0 Å². The Balaban J connectivity index is 2.28. The van der Waals surface area contributed by atoms with Crippen LogP contribution in [-0.4, -0.2) is 60.6 Å². The van der Waals surface area contributed by atoms with Crippen LogP contribution in [0.4, 0.5) is 4.79 Å². The van der Waals surface area contributed by atoms with Gasteiger partial charge < -0.3 is 9.64 Å². The lowest BCUT2D eigenvalue weighted by Crippen LogP contribution is -2.50. The number of carbonyl (C=O) groups is 1. The minimum Gasteiger partial charge on any atom is -0.450 e. The second kappa shape index (κ2) is 8.75. The van der Waals surface area contributed by atoms with Gasteiger partial charge in [0.25, 0.3) is 0 Å². The van der Waals surface area contributed by atoms with Gasteiger partial charge in [0.15, 0.2) is 0 Å². The monoisotopic (exact) mass is 320 g/mol. The predicted molar refractivity (Wildman–Crippen MR) is 77.2 cm³/mol. The van der Waals surface area contributed by atoms with E-state index in [1.165, 1.54) is 12.8 Å². The SMILES string of the molecule is CCCC(CBr)CN1CCN(C(=O)OCC)CC1. The lowest BCUT2D eigenvalue weighted by atomic mass is 10.1. The Kier molecular flexibility index (Phi) is 7.66. The molecule has 5 heteroatoms. The van der Waals surface area contributed by atoms with E-state index in [9.17, 15) is 4.79 Å². The predicted octanol–water partition coefficient (Wildman–Crippen LogP) is 2.57. The smallest absolute Gasteiger partial charge is 0.409 e. The van der Waals surface area contributed by atoms with Crippen molar-refractivity contribution in [3.63, 3.8) is 0 Å². The largest absolute Gasteiger partial charge is 0.450 e. The number of hydrogen-bond acceptors (Lipinski definition) is 3. The fraction of sp³-hybridized carbons (Fsp3) is 0.923. The number of halogens is 1. The van der Waals surface area contributed by atoms with Crippen molar-refractivity contribution in [2.45, 2.75) is 26.7 Å². The maximum absolute atomic E-state index is 11.6. The summed E-state index contributed by atoms with van der Waals surface area (Å²) >= 11 is 3.59. The number of amides is 1. The number of rotatable bonds is 6. The number of carbonyl (C=O) groups excluding carboxylic acids is 1. The zero-order valence-corrected chi connectivity index (χ0v) is 13.1. The molecular formula is C13H25BrN2O2. The zero-order valence-electron chi connectivity index (χ0n) is 11.5. The molecule has 0 aromatic heterocycles. The number of alkyl halides is 1. The van der Waals surface area contributed by atoms with Crippen LogP contribution < -0.4 is 0 Å². The number of hydrogen-bond donors (Lipinski definition) is 0. The molecule has 106 valence electrons. The number of nitrogens with zero attached hydrogens (tertiary/aromatic N) is 2. The van der Waals surface area contributed by atoms with Crippen LogP contribution in [-0.2, 0) is 4.74 Å². The molecule has 0 N–H and O–H groups in total. The molecule has 0 aromatic rings. The van der Waals surface area contributed by atoms with E-state index in [1.54, 1.807) is 0 Å². The quantitative estimate of drug-likeness (QED) is 0.705. The highest BCUT2D eigenvalue weighted by Gasteiger charge is 2.23. The summed E-state index contributed by atoms with van der Waals surface area (Å²) in [5, 5.41) is 1.07. The van der Waals surface area contributed by atoms with Crippen molar-refractivity contribution in [3.05, 3.63) is 0 Å². The lowest BCUT2D eigenvalue weighted by molar-refractivity contribution is 0.0758. The molecule has 1 saturated heterocycles. The fourth-order valence-electron chi connectivity index (χ4n) is 2.32. The van der Waals surface area contributed by atoms with Gasteiger partial charge in [-0.1, -0.05) is 29.3 Å². The van der Waals surface area contributed by atoms with Gasteiger partial charge in [-0.3, -0.25) is 4.90 Å². The van der Waals surface area contributed by atoms with Gasteiger partial charge in [-0.05, 0) is 19.3 Å². The second-order valence-corrected chi connectivity index (χ2v) is 5.44. The second-order valence-electron chi connectivity index (χ2n) is 4.80. The van der Waals surface area contributed by atoms with Crippen LogP contribution in [0.25, 0.3) is 0 Å². The van der Waals surface area contributed by atoms with Crippen molar-refractivity contribution in [1.29, 1.82) is 0 Å². The highest BCUT2D eigenvalue weighted by atomic mass is 79.9. The molecule has 0 saturated carbocycles. The molecule has 0 aliphatic carbocycles. The highest BCUT2D eigenvalue weighted by molar-refractivity contribution is 9.09. The molecule has 18 heavy (non-hydrogen) atoms. The summed E-state index contributed by atoms with van der Waals surface area (Å²) in [7, 11) is 0. The number of ether oxygens (including phenoxy) is 1. The van der Waals surface area contributed by atoms with E-state index in [0.29, 0.717) is 6.61 Å². The van der Waals surface area contributed by atoms with Crippen molar-refractivity contribution in [3.8, 4) is 0 Å². The van der Waals surface area contributed by atoms with Gasteiger partial charge in [-0.2, -0.15) is 0 Å². The van der Waals surface area contributed by atoms with E-state index in [-0.39, 0.29) is 6.09 Å². The first-order valence-electron chi connectivity index (χ1n) is 6.91. The standard InChI is InChI=1S/C13H25BrN2O2/c1-3-5-12(10-14)11-15-6-8-16(9-7-15)13(17)18-4-2/h12H,3-11H2,1-2H3. The van der Waals surface area contributed by atoms with Crippen LogP contribution >= 0.6 is 15.9 Å². The van der Waals surface area contributed by atoms with Gasteiger partial charge in [0.2, 0.25) is 0 Å². The zero-order chi connectivity index (χ0) is 13.4. The molecule has 1 amide bonds. The third-order valence-electron chi connectivity index (χ3n) is 3.33. The maximum Gasteiger partial charge on any atom is 0.409 e. The Morgan fingerprint density at radius 1 is 1.28 bits per heavy atom. The molecule has 1 aliphatic heterocycles. The molecule has 1 fully saturated rings. The van der Waals surface area contributed by atoms with E-state index >= 15 is 0 Å². The molecule has 1 aliphatic rings. The fourth-order valence-corrected chi connectivity index (χ4v) is 2.85. The normalized spacial score (nSPS) is 18.7. The summed E-state index contributed by atoms with van der Waals surface area (Å²) < 4.78 is 5.02. The van der Waals surface area contributed by atoms with Gasteiger partial charge >= 0.3 is 6.09 Å². The highest BCUT2D eigenvalue weighted by Crippen LogP contribution is 2.13. The van der Waals surface area contributed by atoms with Gasteiger partial charge in [-0.25, -0.2) is 4.79 Å². The molecule has 1 unspecified atom stereocenters. The third-order valence-corrected chi connectivity index (χ3v) is 4.25. The molecule has 0 radical (unpaired) electrons. The molecule has 1 atom stereocenters. The third kappa shape index (κ3) is 5.14. The summed E-state index contributed by atoms with van der Waals surface area (Å²) in [5.74, 6) is 0.726. The first-order chi connectivity index (χ1) is 8.71. The van der Waals surface area contributed by atoms with Crippen molar-refractivity contribution >= 4 is 22.0 Å². The van der Waals surface area contributed by atoms with Crippen molar-refractivity contribution in [2.24, 2.45) is 5.92 Å². The van der Waals surface area contributed by atoms with Crippen LogP contribution in [0.2, 0.25) is 0 Å². The Bertz CT molecular complexity index is 243. The van der Waals surface area contributed by atoms with E-state index in [1.807, 2.05) is 11.8 Å². The molecule has 0 spiro atoms. The summed E-state index contributed by atoms with van der Waals surface area (Å²) in [6.07, 6.45) is 2.34. The summed E-state index contributed by atoms with van der Waals surface area (Å²) in [6, 6.07) is 0. The first-order valence-corrected chi connectivity index (χ1v) is 8.03. The molecule has 0 aromatic carbocycles. The Labute approximate surface area is 119 Å². The van der Waals surface area contributed by atoms with E-state index in [2.05, 4.69) is 27.8 Å². The average molecular weight is 321 g/mol. The van der Waals surface area contributed by atoms with Gasteiger partial charge in [0.1, 0.15) is 0 Å². The van der Waals surface area contributed by atoms with Crippen LogP contribution in [0.5, 0.6) is 0 Å². The summed E-state index contributed by atoms with van der Waals surface area (Å²) in [6.45, 7) is 9.18. The van der Waals surface area contributed by atoms with Crippen LogP contribution in [0.3, 0.4) is 0 Å². The van der Waals surface area contributed by atoms with Crippen molar-refractivity contribution < 1.29 is 9.53 Å². The van der Waals surface area contributed by atoms with Gasteiger partial charge in [0, 0.05) is 38.1 Å². The molecule has 1 heterocycles. The minimum absolute atomic E-state index is 0.164. The topological polar surface area (TPSA) is 32.8 Å². The lowest BCUT2D eigenvalue weighted by Gasteiger charge is -2.35. The van der Waals surface area contributed by atoms with Crippen LogP contribution in [0.15, 0.2) is 0 Å². The van der Waals surface area contributed by atoms with Crippen molar-refractivity contribution in [2.75, 3.05) is 44.7 Å². The summed E-state index contributed by atoms with van der Waals surface area (Å²) in [4.78, 5) is 15.8. The minimum atomic E-state index is -0.164. The van der Waals surface area contributed by atoms with Crippen LogP contribution in [0, 0.1) is 5.92 Å². The van der Waals surface area contributed by atoms with Crippen molar-refractivity contribution in [1.82, 2.24) is 9.80 Å². The maximum atomic E-state index is 11.6. The number of piperazine rings is 1. The Morgan fingerprint density at radius 2 is 1.94 bits per heavy atom. The first kappa shape index (κ1) is 15.8. The van der Waals surface area contributed by atoms with E-state index < -0.39 is 0 Å². The molecule has 0 bridgehead atoms. The Morgan fingerprint density at radius 3 is 2.44 bits per heavy atom. The molecule has 1 rings (SSSR count). The van der Waals surface area contributed by atoms with E-state index in [4.69, 9.17) is 4.74 Å².